The van der Waals surface area contributed by atoms with Crippen LogP contribution in [0.2, 0.25) is 0 Å². The van der Waals surface area contributed by atoms with Crippen LogP contribution in [0.3, 0.4) is 0 Å². The second kappa shape index (κ2) is 9.41. The Hall–Kier alpha value is -3.09. The number of aryl methyl sites for hydroxylation is 1. The number of carboxylic acids is 1. The summed E-state index contributed by atoms with van der Waals surface area (Å²) in [6.07, 6.45) is 3.61. The number of aliphatic carboxylic acids is 1. The number of nitrogens with one attached hydrogen (secondary N) is 2. The molecule has 0 saturated carbocycles. The molecule has 0 aliphatic rings. The van der Waals surface area contributed by atoms with E-state index >= 15 is 0 Å². The van der Waals surface area contributed by atoms with Crippen molar-refractivity contribution in [3.8, 4) is 0 Å². The molecule has 7 nitrogen and oxygen atoms in total. The van der Waals surface area contributed by atoms with E-state index in [-0.39, 0.29) is 24.0 Å². The van der Waals surface area contributed by atoms with Crippen LogP contribution >= 0.6 is 0 Å². The van der Waals surface area contributed by atoms with Gasteiger partial charge in [0.1, 0.15) is 0 Å². The first kappa shape index (κ1) is 19.2. The number of amides is 2. The fraction of sp³-hybridized carbons (Fsp3) is 0.316. The van der Waals surface area contributed by atoms with Gasteiger partial charge < -0.3 is 20.2 Å². The van der Waals surface area contributed by atoms with E-state index in [4.69, 9.17) is 9.52 Å². The Balaban J connectivity index is 1.88. The summed E-state index contributed by atoms with van der Waals surface area (Å²) < 4.78 is 5.06. The maximum Gasteiger partial charge on any atom is 0.303 e. The van der Waals surface area contributed by atoms with E-state index < -0.39 is 5.97 Å². The molecule has 0 atom stereocenters. The van der Waals surface area contributed by atoms with Gasteiger partial charge in [0.2, 0.25) is 0 Å². The summed E-state index contributed by atoms with van der Waals surface area (Å²) in [4.78, 5) is 34.7. The number of rotatable bonds is 9. The molecule has 0 fully saturated rings. The summed E-state index contributed by atoms with van der Waals surface area (Å²) in [6, 6.07) is 8.26. The number of anilines is 1. The van der Waals surface area contributed by atoms with E-state index in [0.717, 1.165) is 12.0 Å². The van der Waals surface area contributed by atoms with Crippen LogP contribution in [0.5, 0.6) is 0 Å². The highest BCUT2D eigenvalue weighted by molar-refractivity contribution is 6.03. The lowest BCUT2D eigenvalue weighted by Crippen LogP contribution is -2.24. The number of hydrogen-bond acceptors (Lipinski definition) is 4. The van der Waals surface area contributed by atoms with E-state index in [1.165, 1.54) is 6.26 Å². The first-order chi connectivity index (χ1) is 12.5. The molecular weight excluding hydrogens is 336 g/mol. The molecule has 3 N–H and O–H groups in total. The molecule has 0 spiro atoms. The molecule has 0 radical (unpaired) electrons. The zero-order valence-corrected chi connectivity index (χ0v) is 14.6. The van der Waals surface area contributed by atoms with Crippen molar-refractivity contribution in [3.05, 3.63) is 53.5 Å². The third-order valence-electron chi connectivity index (χ3n) is 3.85. The molecule has 138 valence electrons. The van der Waals surface area contributed by atoms with Crippen molar-refractivity contribution < 1.29 is 23.9 Å². The van der Waals surface area contributed by atoms with Crippen molar-refractivity contribution in [3.63, 3.8) is 0 Å². The van der Waals surface area contributed by atoms with Crippen molar-refractivity contribution >= 4 is 23.5 Å². The van der Waals surface area contributed by atoms with Gasteiger partial charge in [-0.05, 0) is 49.6 Å². The SMILES string of the molecule is Cc1ccc(C(=O)NCCCCCC(=O)O)cc1NC(=O)c1ccco1. The molecule has 1 aromatic carbocycles. The normalized spacial score (nSPS) is 10.3. The number of carbonyl (C=O) groups excluding carboxylic acids is 2. The van der Waals surface area contributed by atoms with E-state index in [2.05, 4.69) is 10.6 Å². The number of benzene rings is 1. The molecule has 0 unspecified atom stereocenters. The Morgan fingerprint density at radius 3 is 2.58 bits per heavy atom. The summed E-state index contributed by atoms with van der Waals surface area (Å²) in [5.74, 6) is -1.23. The highest BCUT2D eigenvalue weighted by Gasteiger charge is 2.12. The number of carboxylic acid groups (broad SMARTS) is 1. The van der Waals surface area contributed by atoms with Crippen LogP contribution in [-0.2, 0) is 4.79 Å². The van der Waals surface area contributed by atoms with Crippen LogP contribution in [0.1, 0.15) is 52.2 Å². The Bertz CT molecular complexity index is 768. The molecule has 26 heavy (non-hydrogen) atoms. The average molecular weight is 358 g/mol. The van der Waals surface area contributed by atoms with Gasteiger partial charge in [0.25, 0.3) is 11.8 Å². The maximum absolute atomic E-state index is 12.2. The highest BCUT2D eigenvalue weighted by atomic mass is 16.4. The van der Waals surface area contributed by atoms with Gasteiger partial charge in [-0.25, -0.2) is 0 Å². The number of carbonyl (C=O) groups is 3. The molecule has 0 saturated heterocycles. The van der Waals surface area contributed by atoms with Crippen molar-refractivity contribution in [1.29, 1.82) is 0 Å². The third-order valence-corrected chi connectivity index (χ3v) is 3.85. The molecule has 2 amide bonds. The predicted molar refractivity (Wildman–Crippen MR) is 96.3 cm³/mol. The molecule has 7 heteroatoms. The average Bonchev–Trinajstić information content (AvgIpc) is 3.14. The van der Waals surface area contributed by atoms with E-state index in [1.54, 1.807) is 30.3 Å². The van der Waals surface area contributed by atoms with Gasteiger partial charge in [0.05, 0.1) is 6.26 Å². The van der Waals surface area contributed by atoms with Gasteiger partial charge in [0.15, 0.2) is 5.76 Å². The van der Waals surface area contributed by atoms with Crippen LogP contribution in [-0.4, -0.2) is 29.4 Å². The quantitative estimate of drug-likeness (QED) is 0.596. The number of unbranched alkanes of at least 4 members (excludes halogenated alkanes) is 2. The van der Waals surface area contributed by atoms with Crippen molar-refractivity contribution in [1.82, 2.24) is 5.32 Å². The molecule has 0 aliphatic carbocycles. The minimum atomic E-state index is -0.808. The second-order valence-electron chi connectivity index (χ2n) is 5.92. The van der Waals surface area contributed by atoms with Crippen molar-refractivity contribution in [2.75, 3.05) is 11.9 Å². The molecule has 1 heterocycles. The zero-order valence-electron chi connectivity index (χ0n) is 14.6. The largest absolute Gasteiger partial charge is 0.481 e. The van der Waals surface area contributed by atoms with Crippen LogP contribution < -0.4 is 10.6 Å². The molecule has 1 aromatic heterocycles. The Morgan fingerprint density at radius 2 is 1.88 bits per heavy atom. The molecule has 2 rings (SSSR count). The standard InChI is InChI=1S/C19H22N2O5/c1-13-8-9-14(18(24)20-10-4-2-3-7-17(22)23)12-15(13)21-19(25)16-6-5-11-26-16/h5-6,8-9,11-12H,2-4,7,10H2,1H3,(H,20,24)(H,21,25)(H,22,23). The summed E-state index contributed by atoms with van der Waals surface area (Å²) >= 11 is 0. The first-order valence-corrected chi connectivity index (χ1v) is 8.43. The Labute approximate surface area is 151 Å². The lowest BCUT2D eigenvalue weighted by molar-refractivity contribution is -0.137. The van der Waals surface area contributed by atoms with Crippen LogP contribution in [0.15, 0.2) is 41.0 Å². The van der Waals surface area contributed by atoms with E-state index in [1.807, 2.05) is 6.92 Å². The van der Waals surface area contributed by atoms with Crippen molar-refractivity contribution in [2.24, 2.45) is 0 Å². The van der Waals surface area contributed by atoms with E-state index in [0.29, 0.717) is 30.6 Å². The minimum Gasteiger partial charge on any atom is -0.481 e. The highest BCUT2D eigenvalue weighted by Crippen LogP contribution is 2.18. The fourth-order valence-electron chi connectivity index (χ4n) is 2.37. The summed E-state index contributed by atoms with van der Waals surface area (Å²) in [6.45, 7) is 2.31. The van der Waals surface area contributed by atoms with Gasteiger partial charge in [-0.2, -0.15) is 0 Å². The maximum atomic E-state index is 12.2. The summed E-state index contributed by atoms with van der Waals surface area (Å²) in [5, 5.41) is 14.1. The lowest BCUT2D eigenvalue weighted by atomic mass is 10.1. The van der Waals surface area contributed by atoms with Gasteiger partial charge in [0, 0.05) is 24.2 Å². The predicted octanol–water partition coefficient (Wildman–Crippen LogP) is 3.22. The fourth-order valence-corrected chi connectivity index (χ4v) is 2.37. The molecular formula is C19H22N2O5. The topological polar surface area (TPSA) is 109 Å². The number of furan rings is 1. The smallest absolute Gasteiger partial charge is 0.303 e. The Kier molecular flexibility index (Phi) is 6.96. The Morgan fingerprint density at radius 1 is 1.08 bits per heavy atom. The number of hydrogen-bond donors (Lipinski definition) is 3. The van der Waals surface area contributed by atoms with Gasteiger partial charge in [-0.15, -0.1) is 0 Å². The van der Waals surface area contributed by atoms with E-state index in [9.17, 15) is 14.4 Å². The van der Waals surface area contributed by atoms with Crippen LogP contribution in [0.25, 0.3) is 0 Å². The van der Waals surface area contributed by atoms with Gasteiger partial charge >= 0.3 is 5.97 Å². The zero-order chi connectivity index (χ0) is 18.9. The van der Waals surface area contributed by atoms with Gasteiger partial charge in [-0.1, -0.05) is 12.5 Å². The third kappa shape index (κ3) is 5.77. The van der Waals surface area contributed by atoms with Crippen molar-refractivity contribution in [2.45, 2.75) is 32.6 Å². The monoisotopic (exact) mass is 358 g/mol. The molecule has 2 aromatic rings. The molecule has 0 bridgehead atoms. The second-order valence-corrected chi connectivity index (χ2v) is 5.92. The first-order valence-electron chi connectivity index (χ1n) is 8.43. The van der Waals surface area contributed by atoms with Crippen LogP contribution in [0, 0.1) is 6.92 Å². The molecule has 0 aliphatic heterocycles. The lowest BCUT2D eigenvalue weighted by Gasteiger charge is -2.10. The summed E-state index contributed by atoms with van der Waals surface area (Å²) in [5.41, 5.74) is 1.81. The minimum absolute atomic E-state index is 0.143. The van der Waals surface area contributed by atoms with Gasteiger partial charge in [-0.3, -0.25) is 14.4 Å². The van der Waals surface area contributed by atoms with Crippen LogP contribution in [0.4, 0.5) is 5.69 Å². The summed E-state index contributed by atoms with van der Waals surface area (Å²) in [7, 11) is 0.